The zero-order valence-corrected chi connectivity index (χ0v) is 16.6. The Morgan fingerprint density at radius 1 is 1.11 bits per heavy atom. The van der Waals surface area contributed by atoms with Gasteiger partial charge in [0.15, 0.2) is 0 Å². The number of hydrogen-bond donors (Lipinski definition) is 0. The normalized spacial score (nSPS) is 17.7. The largest absolute Gasteiger partial charge is 0.496 e. The van der Waals surface area contributed by atoms with E-state index in [1.165, 1.54) is 4.31 Å². The molecule has 2 aromatic carbocycles. The summed E-state index contributed by atoms with van der Waals surface area (Å²) in [4.78, 5) is 4.67. The number of fused-ring (bicyclic) bond motifs is 1. The minimum Gasteiger partial charge on any atom is -0.496 e. The minimum atomic E-state index is -3.57. The number of ether oxygens (including phenoxy) is 2. The first kappa shape index (κ1) is 18.7. The van der Waals surface area contributed by atoms with E-state index in [1.807, 2.05) is 37.3 Å². The van der Waals surface area contributed by atoms with Crippen molar-refractivity contribution >= 4 is 20.9 Å². The highest BCUT2D eigenvalue weighted by atomic mass is 32.2. The third kappa shape index (κ3) is 3.43. The van der Waals surface area contributed by atoms with Gasteiger partial charge in [-0.05, 0) is 49.2 Å². The molecule has 3 aromatic rings. The van der Waals surface area contributed by atoms with E-state index in [1.54, 1.807) is 31.5 Å². The van der Waals surface area contributed by atoms with Crippen LogP contribution in [0.3, 0.4) is 0 Å². The Bertz CT molecular complexity index is 1110. The molecule has 2 heterocycles. The third-order valence-corrected chi connectivity index (χ3v) is 6.86. The van der Waals surface area contributed by atoms with Gasteiger partial charge in [-0.15, -0.1) is 0 Å². The molecule has 1 unspecified atom stereocenters. The fourth-order valence-corrected chi connectivity index (χ4v) is 5.10. The Kier molecular flexibility index (Phi) is 4.95. The van der Waals surface area contributed by atoms with E-state index < -0.39 is 10.0 Å². The van der Waals surface area contributed by atoms with Crippen LogP contribution < -0.4 is 9.47 Å². The van der Waals surface area contributed by atoms with Crippen LogP contribution in [0.2, 0.25) is 0 Å². The first-order chi connectivity index (χ1) is 13.5. The van der Waals surface area contributed by atoms with E-state index >= 15 is 0 Å². The van der Waals surface area contributed by atoms with Gasteiger partial charge in [-0.25, -0.2) is 8.42 Å². The van der Waals surface area contributed by atoms with Crippen LogP contribution in [0.1, 0.15) is 12.0 Å². The van der Waals surface area contributed by atoms with Gasteiger partial charge in [0.1, 0.15) is 23.1 Å². The van der Waals surface area contributed by atoms with E-state index in [9.17, 15) is 8.42 Å². The van der Waals surface area contributed by atoms with Gasteiger partial charge >= 0.3 is 0 Å². The van der Waals surface area contributed by atoms with E-state index in [4.69, 9.17) is 9.47 Å². The van der Waals surface area contributed by atoms with Gasteiger partial charge in [-0.1, -0.05) is 18.2 Å². The Morgan fingerprint density at radius 2 is 1.93 bits per heavy atom. The Morgan fingerprint density at radius 3 is 2.71 bits per heavy atom. The molecule has 1 aliphatic heterocycles. The van der Waals surface area contributed by atoms with Gasteiger partial charge in [0, 0.05) is 18.1 Å². The standard InChI is InChI=1S/C21H22N2O4S/c1-15-13-18(8-9-19(15)26-2)28(24,25)23-12-10-17(14-23)27-20-7-3-5-16-6-4-11-22-21(16)20/h3-9,11,13,17H,10,12,14H2,1-2H3. The maximum atomic E-state index is 13.0. The van der Waals surface area contributed by atoms with Crippen LogP contribution in [0.15, 0.2) is 59.6 Å². The van der Waals surface area contributed by atoms with Crippen molar-refractivity contribution in [2.45, 2.75) is 24.3 Å². The molecular weight excluding hydrogens is 376 g/mol. The fraction of sp³-hybridized carbons (Fsp3) is 0.286. The van der Waals surface area contributed by atoms with E-state index in [-0.39, 0.29) is 11.0 Å². The second-order valence-corrected chi connectivity index (χ2v) is 8.79. The second kappa shape index (κ2) is 7.41. The predicted octanol–water partition coefficient (Wildman–Crippen LogP) is 3.39. The van der Waals surface area contributed by atoms with Crippen molar-refractivity contribution in [2.24, 2.45) is 0 Å². The number of pyridine rings is 1. The maximum absolute atomic E-state index is 13.0. The van der Waals surface area contributed by atoms with Crippen molar-refractivity contribution in [3.05, 3.63) is 60.3 Å². The lowest BCUT2D eigenvalue weighted by Gasteiger charge is -2.18. The fourth-order valence-electron chi connectivity index (χ4n) is 3.52. The molecule has 7 heteroatoms. The molecule has 1 aliphatic rings. The molecule has 1 saturated heterocycles. The highest BCUT2D eigenvalue weighted by Crippen LogP contribution is 2.29. The van der Waals surface area contributed by atoms with E-state index in [2.05, 4.69) is 4.98 Å². The summed E-state index contributed by atoms with van der Waals surface area (Å²) in [5.41, 5.74) is 1.58. The van der Waals surface area contributed by atoms with Gasteiger partial charge in [0.2, 0.25) is 10.0 Å². The molecular formula is C21H22N2O4S. The van der Waals surface area contributed by atoms with E-state index in [0.717, 1.165) is 16.5 Å². The molecule has 1 aromatic heterocycles. The van der Waals surface area contributed by atoms with Gasteiger partial charge < -0.3 is 9.47 Å². The molecule has 0 radical (unpaired) electrons. The van der Waals surface area contributed by atoms with Crippen LogP contribution >= 0.6 is 0 Å². The SMILES string of the molecule is COc1ccc(S(=O)(=O)N2CCC(Oc3cccc4cccnc34)C2)cc1C. The van der Waals surface area contributed by atoms with Gasteiger partial charge in [0.25, 0.3) is 0 Å². The number of sulfonamides is 1. The monoisotopic (exact) mass is 398 g/mol. The Labute approximate surface area is 164 Å². The molecule has 6 nitrogen and oxygen atoms in total. The summed E-state index contributed by atoms with van der Waals surface area (Å²) in [6.07, 6.45) is 2.16. The Balaban J connectivity index is 1.52. The molecule has 0 saturated carbocycles. The van der Waals surface area contributed by atoms with Gasteiger partial charge in [-0.3, -0.25) is 4.98 Å². The minimum absolute atomic E-state index is 0.207. The molecule has 0 bridgehead atoms. The summed E-state index contributed by atoms with van der Waals surface area (Å²) in [5.74, 6) is 1.35. The number of methoxy groups -OCH3 is 1. The number of nitrogens with zero attached hydrogens (tertiary/aromatic N) is 2. The number of aromatic nitrogens is 1. The smallest absolute Gasteiger partial charge is 0.243 e. The van der Waals surface area contributed by atoms with Crippen molar-refractivity contribution in [1.29, 1.82) is 0 Å². The second-order valence-electron chi connectivity index (χ2n) is 6.85. The predicted molar refractivity (Wildman–Crippen MR) is 107 cm³/mol. The first-order valence-electron chi connectivity index (χ1n) is 9.14. The van der Waals surface area contributed by atoms with Crippen molar-refractivity contribution < 1.29 is 17.9 Å². The number of aryl methyl sites for hydroxylation is 1. The lowest BCUT2D eigenvalue weighted by molar-refractivity contribution is 0.218. The molecule has 0 N–H and O–H groups in total. The summed E-state index contributed by atoms with van der Waals surface area (Å²) in [6, 6.07) is 14.6. The lowest BCUT2D eigenvalue weighted by atomic mass is 10.2. The molecule has 0 aliphatic carbocycles. The number of para-hydroxylation sites is 1. The van der Waals surface area contributed by atoms with Crippen molar-refractivity contribution in [3.8, 4) is 11.5 Å². The maximum Gasteiger partial charge on any atom is 0.243 e. The molecule has 0 spiro atoms. The summed E-state index contributed by atoms with van der Waals surface area (Å²) in [7, 11) is -2.00. The average molecular weight is 398 g/mol. The van der Waals surface area contributed by atoms with Gasteiger partial charge in [0.05, 0.1) is 18.6 Å². The molecule has 0 amide bonds. The summed E-state index contributed by atoms with van der Waals surface area (Å²) >= 11 is 0. The van der Waals surface area contributed by atoms with Crippen molar-refractivity contribution in [2.75, 3.05) is 20.2 Å². The summed E-state index contributed by atoms with van der Waals surface area (Å²) < 4.78 is 38.9. The summed E-state index contributed by atoms with van der Waals surface area (Å²) in [5, 5.41) is 0.996. The van der Waals surface area contributed by atoms with E-state index in [0.29, 0.717) is 31.0 Å². The molecule has 1 atom stereocenters. The molecule has 28 heavy (non-hydrogen) atoms. The number of hydrogen-bond acceptors (Lipinski definition) is 5. The van der Waals surface area contributed by atoms with Crippen molar-refractivity contribution in [1.82, 2.24) is 9.29 Å². The van der Waals surface area contributed by atoms with Crippen LogP contribution in [0.4, 0.5) is 0 Å². The Hall–Kier alpha value is -2.64. The van der Waals surface area contributed by atoms with Crippen LogP contribution in [-0.2, 0) is 10.0 Å². The molecule has 146 valence electrons. The summed E-state index contributed by atoms with van der Waals surface area (Å²) in [6.45, 7) is 2.58. The van der Waals surface area contributed by atoms with Crippen LogP contribution in [0.5, 0.6) is 11.5 Å². The van der Waals surface area contributed by atoms with Crippen LogP contribution in [0.25, 0.3) is 10.9 Å². The third-order valence-electron chi connectivity index (χ3n) is 5.00. The van der Waals surface area contributed by atoms with Crippen LogP contribution in [0, 0.1) is 6.92 Å². The zero-order valence-electron chi connectivity index (χ0n) is 15.8. The number of benzene rings is 2. The highest BCUT2D eigenvalue weighted by molar-refractivity contribution is 7.89. The first-order valence-corrected chi connectivity index (χ1v) is 10.6. The zero-order chi connectivity index (χ0) is 19.7. The molecule has 1 fully saturated rings. The topological polar surface area (TPSA) is 68.7 Å². The molecule has 4 rings (SSSR count). The lowest BCUT2D eigenvalue weighted by Crippen LogP contribution is -2.31. The van der Waals surface area contributed by atoms with Crippen molar-refractivity contribution in [3.63, 3.8) is 0 Å². The average Bonchev–Trinajstić information content (AvgIpc) is 3.17. The van der Waals surface area contributed by atoms with Crippen LogP contribution in [-0.4, -0.2) is 44.0 Å². The van der Waals surface area contributed by atoms with Gasteiger partial charge in [-0.2, -0.15) is 4.31 Å². The number of rotatable bonds is 5. The quantitative estimate of drug-likeness (QED) is 0.659. The highest BCUT2D eigenvalue weighted by Gasteiger charge is 2.34.